The number of amides is 1. The SMILES string of the molecule is NC(=O)C1=CC2SCNC2C=C1. The summed E-state index contributed by atoms with van der Waals surface area (Å²) in [7, 11) is 0. The first-order valence-electron chi connectivity index (χ1n) is 3.82. The van der Waals surface area contributed by atoms with Crippen molar-refractivity contribution in [3.8, 4) is 0 Å². The van der Waals surface area contributed by atoms with Crippen molar-refractivity contribution in [2.75, 3.05) is 5.88 Å². The van der Waals surface area contributed by atoms with Crippen LogP contribution in [0.15, 0.2) is 23.8 Å². The summed E-state index contributed by atoms with van der Waals surface area (Å²) in [5.41, 5.74) is 5.79. The second kappa shape index (κ2) is 2.95. The third kappa shape index (κ3) is 1.28. The summed E-state index contributed by atoms with van der Waals surface area (Å²) in [5, 5.41) is 3.68. The van der Waals surface area contributed by atoms with Crippen molar-refractivity contribution in [1.82, 2.24) is 5.32 Å². The normalized spacial score (nSPS) is 32.8. The van der Waals surface area contributed by atoms with Gasteiger partial charge in [0.05, 0.1) is 0 Å². The van der Waals surface area contributed by atoms with Gasteiger partial charge in [-0.05, 0) is 0 Å². The van der Waals surface area contributed by atoms with Crippen LogP contribution in [0.25, 0.3) is 0 Å². The first kappa shape index (κ1) is 7.89. The minimum absolute atomic E-state index is 0.336. The van der Waals surface area contributed by atoms with Crippen LogP contribution >= 0.6 is 11.8 Å². The van der Waals surface area contributed by atoms with Gasteiger partial charge >= 0.3 is 0 Å². The van der Waals surface area contributed by atoms with Gasteiger partial charge in [0.15, 0.2) is 0 Å². The topological polar surface area (TPSA) is 55.1 Å². The second-order valence-corrected chi connectivity index (χ2v) is 4.02. The maximum atomic E-state index is 10.8. The van der Waals surface area contributed by atoms with E-state index in [1.54, 1.807) is 17.8 Å². The molecule has 1 saturated heterocycles. The monoisotopic (exact) mass is 182 g/mol. The third-order valence-electron chi connectivity index (χ3n) is 2.06. The number of fused-ring (bicyclic) bond motifs is 1. The number of primary amides is 1. The summed E-state index contributed by atoms with van der Waals surface area (Å²) in [4.78, 5) is 10.8. The summed E-state index contributed by atoms with van der Waals surface area (Å²) >= 11 is 1.80. The molecule has 1 fully saturated rings. The lowest BCUT2D eigenvalue weighted by Gasteiger charge is -2.15. The van der Waals surface area contributed by atoms with Crippen LogP contribution in [-0.2, 0) is 4.79 Å². The summed E-state index contributed by atoms with van der Waals surface area (Å²) in [6, 6.07) is 0.387. The minimum atomic E-state index is -0.336. The summed E-state index contributed by atoms with van der Waals surface area (Å²) in [5.74, 6) is 0.611. The van der Waals surface area contributed by atoms with E-state index in [0.29, 0.717) is 16.9 Å². The van der Waals surface area contributed by atoms with Gasteiger partial charge in [-0.3, -0.25) is 4.79 Å². The van der Waals surface area contributed by atoms with Crippen LogP contribution in [0.1, 0.15) is 0 Å². The molecule has 0 aromatic carbocycles. The fourth-order valence-corrected chi connectivity index (χ4v) is 2.51. The highest BCUT2D eigenvalue weighted by Crippen LogP contribution is 2.27. The second-order valence-electron chi connectivity index (χ2n) is 2.85. The molecule has 2 rings (SSSR count). The molecule has 2 unspecified atom stereocenters. The van der Waals surface area contributed by atoms with Crippen molar-refractivity contribution in [2.24, 2.45) is 5.73 Å². The first-order chi connectivity index (χ1) is 5.77. The Hall–Kier alpha value is -0.740. The van der Waals surface area contributed by atoms with Gasteiger partial charge in [0, 0.05) is 22.7 Å². The van der Waals surface area contributed by atoms with E-state index in [1.165, 1.54) is 0 Å². The van der Waals surface area contributed by atoms with E-state index in [-0.39, 0.29) is 5.91 Å². The van der Waals surface area contributed by atoms with Crippen molar-refractivity contribution in [2.45, 2.75) is 11.3 Å². The van der Waals surface area contributed by atoms with Crippen LogP contribution in [0.3, 0.4) is 0 Å². The third-order valence-corrected chi connectivity index (χ3v) is 3.21. The Morgan fingerprint density at radius 3 is 3.33 bits per heavy atom. The molecule has 4 heteroatoms. The van der Waals surface area contributed by atoms with E-state index < -0.39 is 0 Å². The Bertz CT molecular complexity index is 272. The van der Waals surface area contributed by atoms with Crippen molar-refractivity contribution >= 4 is 17.7 Å². The zero-order valence-electron chi connectivity index (χ0n) is 6.49. The average Bonchev–Trinajstić information content (AvgIpc) is 2.49. The van der Waals surface area contributed by atoms with E-state index >= 15 is 0 Å². The van der Waals surface area contributed by atoms with Crippen LogP contribution in [0, 0.1) is 0 Å². The minimum Gasteiger partial charge on any atom is -0.366 e. The smallest absolute Gasteiger partial charge is 0.248 e. The molecule has 1 amide bonds. The number of hydrogen-bond donors (Lipinski definition) is 2. The molecule has 0 radical (unpaired) electrons. The molecule has 12 heavy (non-hydrogen) atoms. The Balaban J connectivity index is 2.20. The van der Waals surface area contributed by atoms with Crippen molar-refractivity contribution in [3.63, 3.8) is 0 Å². The maximum Gasteiger partial charge on any atom is 0.248 e. The van der Waals surface area contributed by atoms with Crippen molar-refractivity contribution < 1.29 is 4.79 Å². The van der Waals surface area contributed by atoms with Gasteiger partial charge in [0.2, 0.25) is 5.91 Å². The Labute approximate surface area is 75.1 Å². The number of carbonyl (C=O) groups excluding carboxylic acids is 1. The quantitative estimate of drug-likeness (QED) is 0.600. The molecule has 0 aromatic rings. The van der Waals surface area contributed by atoms with Crippen LogP contribution in [0.2, 0.25) is 0 Å². The van der Waals surface area contributed by atoms with E-state index in [0.717, 1.165) is 5.88 Å². The molecule has 1 aliphatic carbocycles. The molecular formula is C8H10N2OS. The maximum absolute atomic E-state index is 10.8. The molecule has 1 aliphatic heterocycles. The lowest BCUT2D eigenvalue weighted by Crippen LogP contribution is -2.30. The summed E-state index contributed by atoms with van der Waals surface area (Å²) in [6.45, 7) is 0. The number of nitrogens with two attached hydrogens (primary N) is 1. The fraction of sp³-hybridized carbons (Fsp3) is 0.375. The molecule has 1 heterocycles. The molecule has 0 saturated carbocycles. The number of rotatable bonds is 1. The standard InChI is InChI=1S/C8H10N2OS/c9-8(11)5-1-2-6-7(3-5)12-4-10-6/h1-3,6-7,10H,4H2,(H2,9,11). The van der Waals surface area contributed by atoms with Crippen LogP contribution in [0.4, 0.5) is 0 Å². The van der Waals surface area contributed by atoms with Crippen molar-refractivity contribution in [3.05, 3.63) is 23.8 Å². The number of nitrogens with one attached hydrogen (secondary N) is 1. The van der Waals surface area contributed by atoms with Gasteiger partial charge in [0.1, 0.15) is 0 Å². The molecule has 3 N–H and O–H groups in total. The van der Waals surface area contributed by atoms with Gasteiger partial charge in [-0.15, -0.1) is 11.8 Å². The van der Waals surface area contributed by atoms with Gasteiger partial charge in [-0.25, -0.2) is 0 Å². The van der Waals surface area contributed by atoms with E-state index in [9.17, 15) is 4.79 Å². The molecule has 2 atom stereocenters. The highest BCUT2D eigenvalue weighted by Gasteiger charge is 2.26. The predicted octanol–water partition coefficient (Wildman–Crippen LogP) is -0.00100. The van der Waals surface area contributed by atoms with E-state index in [2.05, 4.69) is 5.32 Å². The van der Waals surface area contributed by atoms with Crippen molar-refractivity contribution in [1.29, 1.82) is 0 Å². The van der Waals surface area contributed by atoms with Gasteiger partial charge in [-0.2, -0.15) is 0 Å². The zero-order valence-corrected chi connectivity index (χ0v) is 7.30. The first-order valence-corrected chi connectivity index (χ1v) is 4.87. The number of hydrogen-bond acceptors (Lipinski definition) is 3. The Kier molecular flexibility index (Phi) is 1.94. The van der Waals surface area contributed by atoms with Gasteiger partial charge in [-0.1, -0.05) is 18.2 Å². The van der Waals surface area contributed by atoms with Crippen LogP contribution in [0.5, 0.6) is 0 Å². The lowest BCUT2D eigenvalue weighted by atomic mass is 10.0. The fourth-order valence-electron chi connectivity index (χ4n) is 1.39. The average molecular weight is 182 g/mol. The lowest BCUT2D eigenvalue weighted by molar-refractivity contribution is -0.114. The van der Waals surface area contributed by atoms with Gasteiger partial charge < -0.3 is 11.1 Å². The largest absolute Gasteiger partial charge is 0.366 e. The van der Waals surface area contributed by atoms with Crippen LogP contribution < -0.4 is 11.1 Å². The molecule has 0 spiro atoms. The number of thioether (sulfide) groups is 1. The summed E-state index contributed by atoms with van der Waals surface area (Å²) < 4.78 is 0. The molecule has 64 valence electrons. The highest BCUT2D eigenvalue weighted by molar-refractivity contribution is 8.00. The Morgan fingerprint density at radius 1 is 1.75 bits per heavy atom. The molecule has 3 nitrogen and oxygen atoms in total. The van der Waals surface area contributed by atoms with E-state index in [1.807, 2.05) is 12.2 Å². The predicted molar refractivity (Wildman–Crippen MR) is 49.6 cm³/mol. The van der Waals surface area contributed by atoms with E-state index in [4.69, 9.17) is 5.73 Å². The summed E-state index contributed by atoms with van der Waals surface area (Å²) in [6.07, 6.45) is 5.74. The molecule has 0 aromatic heterocycles. The Morgan fingerprint density at radius 2 is 2.58 bits per heavy atom. The zero-order chi connectivity index (χ0) is 8.55. The molecular weight excluding hydrogens is 172 g/mol. The van der Waals surface area contributed by atoms with Crippen LogP contribution in [-0.4, -0.2) is 23.1 Å². The van der Waals surface area contributed by atoms with Gasteiger partial charge in [0.25, 0.3) is 0 Å². The molecule has 2 aliphatic rings. The molecule has 0 bridgehead atoms. The highest BCUT2D eigenvalue weighted by atomic mass is 32.2. The number of carbonyl (C=O) groups is 1.